The lowest BCUT2D eigenvalue weighted by atomic mass is 10.0. The molecule has 2 aromatic heterocycles. The summed E-state index contributed by atoms with van der Waals surface area (Å²) in [7, 11) is 0. The van der Waals surface area contributed by atoms with Gasteiger partial charge in [0.15, 0.2) is 0 Å². The number of hydrogen-bond acceptors (Lipinski definition) is 3. The molecule has 0 amide bonds. The Labute approximate surface area is 127 Å². The minimum absolute atomic E-state index is 0.144. The van der Waals surface area contributed by atoms with Crippen LogP contribution in [0.5, 0.6) is 0 Å². The van der Waals surface area contributed by atoms with E-state index in [4.69, 9.17) is 0 Å². The first-order chi connectivity index (χ1) is 9.45. The first-order valence-corrected chi connectivity index (χ1v) is 7.59. The fourth-order valence-corrected chi connectivity index (χ4v) is 3.65. The van der Waals surface area contributed by atoms with Gasteiger partial charge >= 0.3 is 6.18 Å². The number of thiophene rings is 1. The quantitative estimate of drug-likeness (QED) is 0.855. The molecule has 0 bridgehead atoms. The van der Waals surface area contributed by atoms with Crippen LogP contribution in [0.4, 0.5) is 13.2 Å². The number of hydrogen-bond donors (Lipinski definition) is 1. The Balaban J connectivity index is 2.54. The summed E-state index contributed by atoms with van der Waals surface area (Å²) in [5, 5.41) is 4.94. The number of aromatic nitrogens is 1. The van der Waals surface area contributed by atoms with Crippen LogP contribution in [0.15, 0.2) is 34.4 Å². The van der Waals surface area contributed by atoms with E-state index in [9.17, 15) is 13.2 Å². The lowest BCUT2D eigenvalue weighted by Gasteiger charge is -2.21. The average molecular weight is 365 g/mol. The molecule has 0 aliphatic rings. The molecule has 2 aromatic rings. The summed E-state index contributed by atoms with van der Waals surface area (Å²) in [5.74, 6) is 0. The van der Waals surface area contributed by atoms with Gasteiger partial charge in [0.05, 0.1) is 11.6 Å². The van der Waals surface area contributed by atoms with E-state index in [0.29, 0.717) is 6.54 Å². The topological polar surface area (TPSA) is 24.9 Å². The van der Waals surface area contributed by atoms with Crippen molar-refractivity contribution in [3.8, 4) is 0 Å². The highest BCUT2D eigenvalue weighted by molar-refractivity contribution is 9.10. The Hall–Kier alpha value is -0.920. The van der Waals surface area contributed by atoms with E-state index >= 15 is 0 Å². The average Bonchev–Trinajstić information content (AvgIpc) is 2.81. The number of nitrogens with one attached hydrogen (secondary N) is 1. The zero-order chi connectivity index (χ0) is 14.8. The van der Waals surface area contributed by atoms with Crippen LogP contribution in [0.2, 0.25) is 0 Å². The Kier molecular flexibility index (Phi) is 4.82. The number of rotatable bonds is 4. The molecule has 2 heterocycles. The summed E-state index contributed by atoms with van der Waals surface area (Å²) >= 11 is 4.79. The van der Waals surface area contributed by atoms with Crippen molar-refractivity contribution in [2.45, 2.75) is 19.1 Å². The van der Waals surface area contributed by atoms with E-state index in [1.54, 1.807) is 0 Å². The fraction of sp³-hybridized carbons (Fsp3) is 0.308. The number of nitrogens with zero attached hydrogens (tertiary/aromatic N) is 1. The van der Waals surface area contributed by atoms with Crippen LogP contribution in [-0.2, 0) is 6.18 Å². The molecule has 20 heavy (non-hydrogen) atoms. The molecule has 0 spiro atoms. The van der Waals surface area contributed by atoms with Gasteiger partial charge in [0.25, 0.3) is 0 Å². The summed E-state index contributed by atoms with van der Waals surface area (Å²) in [6, 6.07) is 2.31. The number of alkyl halides is 3. The normalized spacial score (nSPS) is 13.4. The van der Waals surface area contributed by atoms with Gasteiger partial charge in [0.1, 0.15) is 0 Å². The maximum absolute atomic E-state index is 13.1. The zero-order valence-electron chi connectivity index (χ0n) is 10.5. The predicted molar refractivity (Wildman–Crippen MR) is 76.8 cm³/mol. The molecule has 0 aliphatic carbocycles. The molecule has 1 atom stereocenters. The van der Waals surface area contributed by atoms with Crippen LogP contribution in [0, 0.1) is 0 Å². The van der Waals surface area contributed by atoms with Gasteiger partial charge in [-0.1, -0.05) is 6.92 Å². The molecular weight excluding hydrogens is 353 g/mol. The van der Waals surface area contributed by atoms with Crippen molar-refractivity contribution in [1.82, 2.24) is 10.3 Å². The first kappa shape index (κ1) is 15.5. The zero-order valence-corrected chi connectivity index (χ0v) is 12.9. The summed E-state index contributed by atoms with van der Waals surface area (Å²) in [6.07, 6.45) is -1.95. The van der Waals surface area contributed by atoms with Crippen molar-refractivity contribution in [2.75, 3.05) is 6.54 Å². The van der Waals surface area contributed by atoms with Crippen LogP contribution < -0.4 is 5.32 Å². The summed E-state index contributed by atoms with van der Waals surface area (Å²) < 4.78 is 40.2. The van der Waals surface area contributed by atoms with Crippen LogP contribution in [0.3, 0.4) is 0 Å². The van der Waals surface area contributed by atoms with E-state index < -0.39 is 17.8 Å². The van der Waals surface area contributed by atoms with Crippen molar-refractivity contribution in [2.24, 2.45) is 0 Å². The Bertz CT molecular complexity index is 583. The van der Waals surface area contributed by atoms with Gasteiger partial charge in [0.2, 0.25) is 0 Å². The summed E-state index contributed by atoms with van der Waals surface area (Å²) in [4.78, 5) is 4.66. The predicted octanol–water partition coefficient (Wildman–Crippen LogP) is 4.62. The van der Waals surface area contributed by atoms with Crippen molar-refractivity contribution in [1.29, 1.82) is 0 Å². The highest BCUT2D eigenvalue weighted by atomic mass is 79.9. The van der Waals surface area contributed by atoms with Crippen molar-refractivity contribution >= 4 is 27.3 Å². The van der Waals surface area contributed by atoms with Gasteiger partial charge in [-0.25, -0.2) is 0 Å². The molecule has 1 N–H and O–H groups in total. The second-order valence-electron chi connectivity index (χ2n) is 4.08. The van der Waals surface area contributed by atoms with E-state index in [1.807, 2.05) is 18.4 Å². The summed E-state index contributed by atoms with van der Waals surface area (Å²) in [5.41, 5.74) is -0.510. The molecule has 0 fully saturated rings. The molecule has 2 nitrogen and oxygen atoms in total. The summed E-state index contributed by atoms with van der Waals surface area (Å²) in [6.45, 7) is 2.42. The smallest absolute Gasteiger partial charge is 0.306 e. The fourth-order valence-electron chi connectivity index (χ4n) is 1.95. The van der Waals surface area contributed by atoms with Crippen molar-refractivity contribution in [3.63, 3.8) is 0 Å². The van der Waals surface area contributed by atoms with Crippen LogP contribution in [0.25, 0.3) is 0 Å². The largest absolute Gasteiger partial charge is 0.416 e. The Morgan fingerprint density at radius 2 is 2.15 bits per heavy atom. The van der Waals surface area contributed by atoms with Crippen molar-refractivity contribution in [3.05, 3.63) is 50.4 Å². The first-order valence-electron chi connectivity index (χ1n) is 5.92. The van der Waals surface area contributed by atoms with Crippen LogP contribution >= 0.6 is 27.3 Å². The van der Waals surface area contributed by atoms with Gasteiger partial charge in [-0.2, -0.15) is 13.2 Å². The van der Waals surface area contributed by atoms with E-state index in [2.05, 4.69) is 26.2 Å². The van der Waals surface area contributed by atoms with Gasteiger partial charge in [0, 0.05) is 27.3 Å². The Morgan fingerprint density at radius 3 is 2.70 bits per heavy atom. The van der Waals surface area contributed by atoms with Crippen molar-refractivity contribution < 1.29 is 13.2 Å². The third kappa shape index (κ3) is 3.21. The van der Waals surface area contributed by atoms with E-state index in [0.717, 1.165) is 15.4 Å². The third-order valence-electron chi connectivity index (χ3n) is 2.78. The van der Waals surface area contributed by atoms with Gasteiger partial charge < -0.3 is 5.32 Å². The SMILES string of the molecule is CCNC(c1cnccc1C(F)(F)F)c1sccc1Br. The highest BCUT2D eigenvalue weighted by Gasteiger charge is 2.36. The number of halogens is 4. The van der Waals surface area contributed by atoms with Crippen LogP contribution in [-0.4, -0.2) is 11.5 Å². The molecule has 0 saturated carbocycles. The number of pyridine rings is 1. The molecule has 2 rings (SSSR count). The maximum atomic E-state index is 13.1. The van der Waals surface area contributed by atoms with Crippen LogP contribution in [0.1, 0.15) is 29.0 Å². The maximum Gasteiger partial charge on any atom is 0.416 e. The molecule has 7 heteroatoms. The molecule has 0 aromatic carbocycles. The second-order valence-corrected chi connectivity index (χ2v) is 5.89. The lowest BCUT2D eigenvalue weighted by molar-refractivity contribution is -0.138. The van der Waals surface area contributed by atoms with Gasteiger partial charge in [-0.15, -0.1) is 11.3 Å². The van der Waals surface area contributed by atoms with E-state index in [-0.39, 0.29) is 5.56 Å². The highest BCUT2D eigenvalue weighted by Crippen LogP contribution is 2.39. The third-order valence-corrected chi connectivity index (χ3v) is 4.72. The molecular formula is C13H12BrF3N2S. The minimum atomic E-state index is -4.39. The minimum Gasteiger partial charge on any atom is -0.306 e. The Morgan fingerprint density at radius 1 is 1.40 bits per heavy atom. The molecule has 108 valence electrons. The van der Waals surface area contributed by atoms with E-state index in [1.165, 1.54) is 23.7 Å². The molecule has 0 aliphatic heterocycles. The molecule has 0 saturated heterocycles. The molecule has 1 unspecified atom stereocenters. The second kappa shape index (κ2) is 6.24. The lowest BCUT2D eigenvalue weighted by Crippen LogP contribution is -2.24. The van der Waals surface area contributed by atoms with Gasteiger partial charge in [-0.05, 0) is 40.0 Å². The standard InChI is InChI=1S/C13H12BrF3N2S/c1-2-19-11(12-10(14)4-6-20-12)8-7-18-5-3-9(8)13(15,16)17/h3-7,11,19H,2H2,1H3. The van der Waals surface area contributed by atoms with Gasteiger partial charge in [-0.3, -0.25) is 4.98 Å². The monoisotopic (exact) mass is 364 g/mol. The molecule has 0 radical (unpaired) electrons.